The second-order valence-corrected chi connectivity index (χ2v) is 3.57. The van der Waals surface area contributed by atoms with Gasteiger partial charge in [-0.25, -0.2) is 19.1 Å². The number of hydrogen-bond acceptors (Lipinski definition) is 5. The Morgan fingerprint density at radius 1 is 1.65 bits per heavy atom. The van der Waals surface area contributed by atoms with Crippen molar-refractivity contribution in [1.82, 2.24) is 9.97 Å². The topological polar surface area (TPSA) is 75.6 Å². The molecule has 1 N–H and O–H groups in total. The molecule has 0 bridgehead atoms. The molecule has 6 nitrogen and oxygen atoms in total. The summed E-state index contributed by atoms with van der Waals surface area (Å²) in [5.74, 6) is -1.50. The van der Waals surface area contributed by atoms with Gasteiger partial charge in [0.15, 0.2) is 11.6 Å². The van der Waals surface area contributed by atoms with E-state index in [1.807, 2.05) is 0 Å². The van der Waals surface area contributed by atoms with Crippen LogP contribution in [0.25, 0.3) is 0 Å². The molecule has 0 spiro atoms. The fraction of sp³-hybridized carbons (Fsp3) is 0.444. The Balaban J connectivity index is 2.42. The lowest BCUT2D eigenvalue weighted by molar-refractivity contribution is 0.142. The lowest BCUT2D eigenvalue weighted by Gasteiger charge is -2.22. The van der Waals surface area contributed by atoms with Gasteiger partial charge in [0.2, 0.25) is 0 Å². The van der Waals surface area contributed by atoms with Gasteiger partial charge in [0.05, 0.1) is 12.3 Å². The van der Waals surface area contributed by atoms with E-state index in [-0.39, 0.29) is 6.61 Å². The minimum Gasteiger partial charge on any atom is -0.447 e. The van der Waals surface area contributed by atoms with Gasteiger partial charge >= 0.3 is 12.2 Å². The predicted molar refractivity (Wildman–Crippen MR) is 51.2 cm³/mol. The van der Waals surface area contributed by atoms with E-state index in [4.69, 9.17) is 0 Å². The van der Waals surface area contributed by atoms with Crippen LogP contribution in [0.3, 0.4) is 0 Å². The number of rotatable bonds is 2. The lowest BCUT2D eigenvalue weighted by atomic mass is 10.2. The number of anilines is 1. The maximum absolute atomic E-state index is 13.4. The van der Waals surface area contributed by atoms with Crippen molar-refractivity contribution in [2.24, 2.45) is 0 Å². The smallest absolute Gasteiger partial charge is 0.416 e. The summed E-state index contributed by atoms with van der Waals surface area (Å²) in [5.41, 5.74) is 0. The number of aliphatic hydroxyl groups excluding tert-OH is 1. The van der Waals surface area contributed by atoms with Crippen molar-refractivity contribution in [2.45, 2.75) is 19.1 Å². The SMILES string of the molecule is C[C@@H](O)[C@H]1COC(=O)N1c1nc(F)ncc1F. The molecule has 0 aliphatic carbocycles. The summed E-state index contributed by atoms with van der Waals surface area (Å²) < 4.78 is 30.9. The summed E-state index contributed by atoms with van der Waals surface area (Å²) >= 11 is 0. The Kier molecular flexibility index (Phi) is 2.88. The molecule has 0 radical (unpaired) electrons. The van der Waals surface area contributed by atoms with Crippen LogP contribution in [0.4, 0.5) is 19.4 Å². The summed E-state index contributed by atoms with van der Waals surface area (Å²) in [6, 6.07) is -0.800. The zero-order valence-corrected chi connectivity index (χ0v) is 8.80. The van der Waals surface area contributed by atoms with Gasteiger partial charge < -0.3 is 9.84 Å². The van der Waals surface area contributed by atoms with Gasteiger partial charge in [-0.15, -0.1) is 0 Å². The van der Waals surface area contributed by atoms with Crippen LogP contribution in [-0.4, -0.2) is 39.9 Å². The number of carbonyl (C=O) groups is 1. The summed E-state index contributed by atoms with van der Waals surface area (Å²) in [4.78, 5) is 18.4. The Hall–Kier alpha value is -1.83. The lowest BCUT2D eigenvalue weighted by Crippen LogP contribution is -2.42. The maximum atomic E-state index is 13.4. The highest BCUT2D eigenvalue weighted by Crippen LogP contribution is 2.25. The number of nitrogens with zero attached hydrogens (tertiary/aromatic N) is 3. The molecular formula is C9H9F2N3O3. The Labute approximate surface area is 94.8 Å². The molecule has 1 aromatic rings. The quantitative estimate of drug-likeness (QED) is 0.766. The number of carbonyl (C=O) groups excluding carboxylic acids is 1. The third kappa shape index (κ3) is 2.03. The number of cyclic esters (lactones) is 1. The first-order valence-electron chi connectivity index (χ1n) is 4.83. The zero-order chi connectivity index (χ0) is 12.6. The van der Waals surface area contributed by atoms with E-state index in [2.05, 4.69) is 14.7 Å². The van der Waals surface area contributed by atoms with Crippen molar-refractivity contribution in [2.75, 3.05) is 11.5 Å². The van der Waals surface area contributed by atoms with E-state index in [9.17, 15) is 18.7 Å². The van der Waals surface area contributed by atoms with Crippen LogP contribution >= 0.6 is 0 Å². The van der Waals surface area contributed by atoms with Crippen LogP contribution in [0.1, 0.15) is 6.92 Å². The fourth-order valence-corrected chi connectivity index (χ4v) is 1.54. The Bertz CT molecular complexity index is 455. The van der Waals surface area contributed by atoms with Crippen molar-refractivity contribution in [3.63, 3.8) is 0 Å². The van der Waals surface area contributed by atoms with Crippen LogP contribution in [0.15, 0.2) is 6.20 Å². The van der Waals surface area contributed by atoms with E-state index in [1.54, 1.807) is 0 Å². The second-order valence-electron chi connectivity index (χ2n) is 3.57. The molecular weight excluding hydrogens is 236 g/mol. The largest absolute Gasteiger partial charge is 0.447 e. The minimum atomic E-state index is -1.16. The van der Waals surface area contributed by atoms with Gasteiger partial charge in [-0.2, -0.15) is 9.37 Å². The summed E-state index contributed by atoms with van der Waals surface area (Å²) in [7, 11) is 0. The molecule has 1 aliphatic rings. The third-order valence-electron chi connectivity index (χ3n) is 2.39. The van der Waals surface area contributed by atoms with E-state index in [0.29, 0.717) is 6.20 Å². The zero-order valence-electron chi connectivity index (χ0n) is 8.80. The van der Waals surface area contributed by atoms with Crippen molar-refractivity contribution in [3.8, 4) is 0 Å². The summed E-state index contributed by atoms with van der Waals surface area (Å²) in [6.45, 7) is 1.30. The highest BCUT2D eigenvalue weighted by Gasteiger charge is 2.39. The van der Waals surface area contributed by atoms with Gasteiger partial charge in [-0.3, -0.25) is 0 Å². The number of aromatic nitrogens is 2. The van der Waals surface area contributed by atoms with E-state index in [0.717, 1.165) is 4.90 Å². The molecule has 92 valence electrons. The number of ether oxygens (including phenoxy) is 1. The number of amides is 1. The average molecular weight is 245 g/mol. The molecule has 2 atom stereocenters. The number of hydrogen-bond donors (Lipinski definition) is 1. The molecule has 2 heterocycles. The third-order valence-corrected chi connectivity index (χ3v) is 2.39. The molecule has 1 aliphatic heterocycles. The van der Waals surface area contributed by atoms with Crippen LogP contribution in [0.2, 0.25) is 0 Å². The molecule has 1 amide bonds. The van der Waals surface area contributed by atoms with Crippen LogP contribution in [0, 0.1) is 11.9 Å². The van der Waals surface area contributed by atoms with E-state index < -0.39 is 36.0 Å². The molecule has 17 heavy (non-hydrogen) atoms. The molecule has 0 unspecified atom stereocenters. The number of halogens is 2. The fourth-order valence-electron chi connectivity index (χ4n) is 1.54. The molecule has 0 aromatic carbocycles. The van der Waals surface area contributed by atoms with E-state index in [1.165, 1.54) is 6.92 Å². The average Bonchev–Trinajstić information content (AvgIpc) is 2.64. The highest BCUT2D eigenvalue weighted by molar-refractivity contribution is 5.89. The van der Waals surface area contributed by atoms with Crippen molar-refractivity contribution in [1.29, 1.82) is 0 Å². The van der Waals surface area contributed by atoms with Gasteiger partial charge in [-0.05, 0) is 6.92 Å². The van der Waals surface area contributed by atoms with Crippen molar-refractivity contribution >= 4 is 11.9 Å². The molecule has 0 saturated carbocycles. The summed E-state index contributed by atoms with van der Waals surface area (Å²) in [6.07, 6.45) is -2.39. The molecule has 1 fully saturated rings. The highest BCUT2D eigenvalue weighted by atomic mass is 19.1. The molecule has 8 heteroatoms. The molecule has 1 saturated heterocycles. The van der Waals surface area contributed by atoms with Gasteiger partial charge in [0, 0.05) is 0 Å². The normalized spacial score (nSPS) is 21.5. The van der Waals surface area contributed by atoms with Gasteiger partial charge in [-0.1, -0.05) is 0 Å². The predicted octanol–water partition coefficient (Wildman–Crippen LogP) is 0.461. The first-order valence-corrected chi connectivity index (χ1v) is 4.83. The van der Waals surface area contributed by atoms with Crippen molar-refractivity contribution in [3.05, 3.63) is 18.1 Å². The van der Waals surface area contributed by atoms with Crippen LogP contribution in [0.5, 0.6) is 0 Å². The Morgan fingerprint density at radius 3 is 3.00 bits per heavy atom. The van der Waals surface area contributed by atoms with Crippen LogP contribution in [-0.2, 0) is 4.74 Å². The molecule has 2 rings (SSSR count). The number of aliphatic hydroxyl groups is 1. The monoisotopic (exact) mass is 245 g/mol. The standard InChI is InChI=1S/C9H9F2N3O3/c1-4(15)6-3-17-9(16)14(6)7-5(10)2-12-8(11)13-7/h2,4,6,15H,3H2,1H3/t4-,6-/m1/s1. The van der Waals surface area contributed by atoms with Crippen LogP contribution < -0.4 is 4.90 Å². The van der Waals surface area contributed by atoms with Crippen molar-refractivity contribution < 1.29 is 23.4 Å². The van der Waals surface area contributed by atoms with Gasteiger partial charge in [0.25, 0.3) is 0 Å². The first kappa shape index (κ1) is 11.6. The minimum absolute atomic E-state index is 0.110. The van der Waals surface area contributed by atoms with Gasteiger partial charge in [0.1, 0.15) is 12.6 Å². The summed E-state index contributed by atoms with van der Waals surface area (Å²) in [5, 5.41) is 9.43. The maximum Gasteiger partial charge on any atom is 0.416 e. The molecule has 1 aromatic heterocycles. The van der Waals surface area contributed by atoms with E-state index >= 15 is 0 Å². The first-order chi connectivity index (χ1) is 8.00. The second kappa shape index (κ2) is 4.21. The Morgan fingerprint density at radius 2 is 2.35 bits per heavy atom.